The van der Waals surface area contributed by atoms with E-state index in [9.17, 15) is 4.79 Å². The number of hydrogen-bond acceptors (Lipinski definition) is 6. The average molecular weight is 383 g/mol. The molecular weight excluding hydrogens is 358 g/mol. The van der Waals surface area contributed by atoms with Crippen molar-refractivity contribution in [1.29, 1.82) is 0 Å². The van der Waals surface area contributed by atoms with Crippen LogP contribution >= 0.6 is 0 Å². The topological polar surface area (TPSA) is 63.3 Å². The lowest BCUT2D eigenvalue weighted by molar-refractivity contribution is -0.117. The molecule has 1 saturated heterocycles. The third-order valence-corrected chi connectivity index (χ3v) is 5.06. The summed E-state index contributed by atoms with van der Waals surface area (Å²) < 4.78 is 16.1. The Labute approximate surface area is 164 Å². The maximum atomic E-state index is 12.4. The first-order chi connectivity index (χ1) is 13.7. The fraction of sp³-hybridized carbons (Fsp3) is 0.381. The number of piperazine rings is 1. The molecule has 2 aromatic carbocycles. The number of ether oxygens (including phenoxy) is 3. The van der Waals surface area contributed by atoms with Crippen LogP contribution in [-0.4, -0.2) is 62.3 Å². The zero-order valence-corrected chi connectivity index (χ0v) is 16.0. The predicted octanol–water partition coefficient (Wildman–Crippen LogP) is 2.18. The molecule has 4 rings (SSSR count). The molecular formula is C21H25N3O4. The number of methoxy groups -OCH3 is 1. The van der Waals surface area contributed by atoms with Gasteiger partial charge in [-0.1, -0.05) is 18.2 Å². The Morgan fingerprint density at radius 1 is 1.04 bits per heavy atom. The molecule has 0 spiro atoms. The van der Waals surface area contributed by atoms with E-state index in [2.05, 4.69) is 27.2 Å². The molecule has 0 aromatic heterocycles. The van der Waals surface area contributed by atoms with Crippen molar-refractivity contribution >= 4 is 11.6 Å². The summed E-state index contributed by atoms with van der Waals surface area (Å²) in [5.74, 6) is 2.29. The molecule has 7 nitrogen and oxygen atoms in total. The molecule has 0 radical (unpaired) electrons. The van der Waals surface area contributed by atoms with Crippen LogP contribution in [0.5, 0.6) is 17.2 Å². The van der Waals surface area contributed by atoms with Crippen molar-refractivity contribution in [2.24, 2.45) is 0 Å². The Morgan fingerprint density at radius 2 is 1.79 bits per heavy atom. The van der Waals surface area contributed by atoms with Gasteiger partial charge in [-0.15, -0.1) is 0 Å². The van der Waals surface area contributed by atoms with Crippen molar-refractivity contribution in [3.8, 4) is 17.2 Å². The largest absolute Gasteiger partial charge is 0.495 e. The van der Waals surface area contributed by atoms with Gasteiger partial charge < -0.3 is 19.5 Å². The number of hydrogen-bond donors (Lipinski definition) is 1. The summed E-state index contributed by atoms with van der Waals surface area (Å²) in [6.07, 6.45) is 0. The van der Waals surface area contributed by atoms with Gasteiger partial charge in [-0.2, -0.15) is 0 Å². The van der Waals surface area contributed by atoms with E-state index in [-0.39, 0.29) is 5.91 Å². The standard InChI is InChI=1S/C21H25N3O4/c1-26-18-5-3-2-4-17(18)22-21(25)14-24-10-8-23(9-11-24)13-16-6-7-19-20(12-16)28-15-27-19/h2-7,12H,8-11,13-15H2,1H3,(H,22,25). The molecule has 1 amide bonds. The van der Waals surface area contributed by atoms with Gasteiger partial charge in [0.05, 0.1) is 19.3 Å². The minimum Gasteiger partial charge on any atom is -0.495 e. The highest BCUT2D eigenvalue weighted by molar-refractivity contribution is 5.93. The minimum atomic E-state index is -0.0197. The second kappa shape index (κ2) is 8.50. The second-order valence-corrected chi connectivity index (χ2v) is 6.99. The van der Waals surface area contributed by atoms with Crippen LogP contribution in [0.1, 0.15) is 5.56 Å². The maximum absolute atomic E-state index is 12.4. The number of benzene rings is 2. The lowest BCUT2D eigenvalue weighted by Gasteiger charge is -2.34. The normalized spacial score (nSPS) is 16.8. The van der Waals surface area contributed by atoms with Crippen molar-refractivity contribution in [3.63, 3.8) is 0 Å². The first kappa shape index (κ1) is 18.6. The molecule has 2 aliphatic rings. The molecule has 0 saturated carbocycles. The molecule has 0 bridgehead atoms. The number of amides is 1. The Bertz CT molecular complexity index is 834. The average Bonchev–Trinajstić information content (AvgIpc) is 3.18. The number of para-hydroxylation sites is 2. The third-order valence-electron chi connectivity index (χ3n) is 5.06. The number of nitrogens with one attached hydrogen (secondary N) is 1. The quantitative estimate of drug-likeness (QED) is 0.825. The lowest BCUT2D eigenvalue weighted by atomic mass is 10.1. The maximum Gasteiger partial charge on any atom is 0.238 e. The highest BCUT2D eigenvalue weighted by atomic mass is 16.7. The molecule has 0 aliphatic carbocycles. The van der Waals surface area contributed by atoms with E-state index in [1.54, 1.807) is 7.11 Å². The molecule has 0 atom stereocenters. The third kappa shape index (κ3) is 4.37. The van der Waals surface area contributed by atoms with Gasteiger partial charge in [0.15, 0.2) is 11.5 Å². The first-order valence-corrected chi connectivity index (χ1v) is 9.47. The van der Waals surface area contributed by atoms with Crippen molar-refractivity contribution < 1.29 is 19.0 Å². The molecule has 7 heteroatoms. The van der Waals surface area contributed by atoms with Crippen LogP contribution in [-0.2, 0) is 11.3 Å². The summed E-state index contributed by atoms with van der Waals surface area (Å²) in [5, 5.41) is 2.94. The van der Waals surface area contributed by atoms with Gasteiger partial charge in [0.1, 0.15) is 5.75 Å². The summed E-state index contributed by atoms with van der Waals surface area (Å²) in [6, 6.07) is 13.6. The van der Waals surface area contributed by atoms with Crippen LogP contribution in [0.2, 0.25) is 0 Å². The summed E-state index contributed by atoms with van der Waals surface area (Å²) in [4.78, 5) is 17.0. The van der Waals surface area contributed by atoms with Crippen molar-refractivity contribution in [2.45, 2.75) is 6.54 Å². The number of rotatable bonds is 6. The van der Waals surface area contributed by atoms with E-state index in [0.29, 0.717) is 24.8 Å². The molecule has 2 heterocycles. The number of nitrogens with zero attached hydrogens (tertiary/aromatic N) is 2. The second-order valence-electron chi connectivity index (χ2n) is 6.99. The number of carbonyl (C=O) groups excluding carboxylic acids is 1. The summed E-state index contributed by atoms with van der Waals surface area (Å²) in [5.41, 5.74) is 1.92. The Balaban J connectivity index is 1.24. The summed E-state index contributed by atoms with van der Waals surface area (Å²) in [7, 11) is 1.60. The van der Waals surface area contributed by atoms with Gasteiger partial charge >= 0.3 is 0 Å². The highest BCUT2D eigenvalue weighted by Gasteiger charge is 2.20. The van der Waals surface area contributed by atoms with Crippen LogP contribution in [0.15, 0.2) is 42.5 Å². The predicted molar refractivity (Wildman–Crippen MR) is 106 cm³/mol. The zero-order valence-electron chi connectivity index (χ0n) is 16.0. The Kier molecular flexibility index (Phi) is 5.64. The molecule has 148 valence electrons. The Hall–Kier alpha value is -2.77. The van der Waals surface area contributed by atoms with Gasteiger partial charge in [0, 0.05) is 32.7 Å². The molecule has 2 aliphatic heterocycles. The van der Waals surface area contributed by atoms with Crippen LogP contribution in [0.25, 0.3) is 0 Å². The number of carbonyl (C=O) groups is 1. The molecule has 1 N–H and O–H groups in total. The van der Waals surface area contributed by atoms with E-state index in [4.69, 9.17) is 14.2 Å². The molecule has 28 heavy (non-hydrogen) atoms. The summed E-state index contributed by atoms with van der Waals surface area (Å²) in [6.45, 7) is 5.14. The molecule has 1 fully saturated rings. The fourth-order valence-corrected chi connectivity index (χ4v) is 3.54. The van der Waals surface area contributed by atoms with Crippen LogP contribution < -0.4 is 19.5 Å². The van der Waals surface area contributed by atoms with Gasteiger partial charge in [-0.05, 0) is 29.8 Å². The van der Waals surface area contributed by atoms with E-state index < -0.39 is 0 Å². The van der Waals surface area contributed by atoms with Crippen molar-refractivity contribution in [1.82, 2.24) is 9.80 Å². The van der Waals surface area contributed by atoms with Crippen LogP contribution in [0.3, 0.4) is 0 Å². The van der Waals surface area contributed by atoms with Crippen LogP contribution in [0, 0.1) is 0 Å². The minimum absolute atomic E-state index is 0.0197. The fourth-order valence-electron chi connectivity index (χ4n) is 3.54. The smallest absolute Gasteiger partial charge is 0.238 e. The highest BCUT2D eigenvalue weighted by Crippen LogP contribution is 2.32. The van der Waals surface area contributed by atoms with E-state index in [0.717, 1.165) is 44.2 Å². The molecule has 0 unspecified atom stereocenters. The van der Waals surface area contributed by atoms with Gasteiger partial charge in [0.25, 0.3) is 0 Å². The Morgan fingerprint density at radius 3 is 2.61 bits per heavy atom. The van der Waals surface area contributed by atoms with Crippen LogP contribution in [0.4, 0.5) is 5.69 Å². The summed E-state index contributed by atoms with van der Waals surface area (Å²) >= 11 is 0. The van der Waals surface area contributed by atoms with E-state index >= 15 is 0 Å². The first-order valence-electron chi connectivity index (χ1n) is 9.47. The lowest BCUT2D eigenvalue weighted by Crippen LogP contribution is -2.48. The van der Waals surface area contributed by atoms with Gasteiger partial charge in [-0.25, -0.2) is 0 Å². The SMILES string of the molecule is COc1ccccc1NC(=O)CN1CCN(Cc2ccc3c(c2)OCO3)CC1. The molecule has 2 aromatic rings. The number of anilines is 1. The van der Waals surface area contributed by atoms with E-state index in [1.165, 1.54) is 5.56 Å². The zero-order chi connectivity index (χ0) is 19.3. The van der Waals surface area contributed by atoms with Crippen molar-refractivity contribution in [3.05, 3.63) is 48.0 Å². The van der Waals surface area contributed by atoms with E-state index in [1.807, 2.05) is 30.3 Å². The van der Waals surface area contributed by atoms with Crippen molar-refractivity contribution in [2.75, 3.05) is 51.9 Å². The monoisotopic (exact) mass is 383 g/mol. The van der Waals surface area contributed by atoms with Gasteiger partial charge in [0.2, 0.25) is 12.7 Å². The van der Waals surface area contributed by atoms with Gasteiger partial charge in [-0.3, -0.25) is 14.6 Å². The number of fused-ring (bicyclic) bond motifs is 1.